The Morgan fingerprint density at radius 1 is 1.10 bits per heavy atom. The van der Waals surface area contributed by atoms with Crippen molar-refractivity contribution in [1.29, 1.82) is 0 Å². The van der Waals surface area contributed by atoms with Gasteiger partial charge in [0.1, 0.15) is 17.1 Å². The zero-order chi connectivity index (χ0) is 30.2. The van der Waals surface area contributed by atoms with Crippen molar-refractivity contribution in [2.75, 3.05) is 33.2 Å². The first kappa shape index (κ1) is 31.3. The summed E-state index contributed by atoms with van der Waals surface area (Å²) >= 11 is 1.15. The number of carbonyl (C=O) groups excluding carboxylic acids is 2. The summed E-state index contributed by atoms with van der Waals surface area (Å²) < 4.78 is 38.9. The van der Waals surface area contributed by atoms with E-state index in [0.717, 1.165) is 22.9 Å². The standard InChI is InChI=1S/C30H40N2O7S2/c1-20-17-26(23(29(2,3)4)18-25(20)39-41(36,37)32-15-13-31(6)14-16-32)40-27-24(34)19-30(5,38-28(27)35)12-11-21-7-9-22(33)10-8-21/h7-10,17-18,27,33H,11-16,19H2,1-6H3. The number of hydrogen-bond acceptors (Lipinski definition) is 9. The molecule has 0 spiro atoms. The lowest BCUT2D eigenvalue weighted by Crippen LogP contribution is -2.48. The minimum atomic E-state index is -3.98. The maximum atomic E-state index is 13.3. The maximum Gasteiger partial charge on any atom is 0.385 e. The number of benzene rings is 2. The summed E-state index contributed by atoms with van der Waals surface area (Å²) in [5.74, 6) is -0.359. The van der Waals surface area contributed by atoms with Crippen LogP contribution in [-0.4, -0.2) is 78.6 Å². The van der Waals surface area contributed by atoms with Gasteiger partial charge in [-0.3, -0.25) is 9.59 Å². The molecule has 224 valence electrons. The Morgan fingerprint density at radius 3 is 2.32 bits per heavy atom. The van der Waals surface area contributed by atoms with Crippen LogP contribution in [0.1, 0.15) is 57.2 Å². The van der Waals surface area contributed by atoms with Gasteiger partial charge >= 0.3 is 16.3 Å². The van der Waals surface area contributed by atoms with Gasteiger partial charge in [-0.25, -0.2) is 0 Å². The van der Waals surface area contributed by atoms with E-state index in [2.05, 4.69) is 4.90 Å². The second-order valence-electron chi connectivity index (χ2n) is 12.3. The van der Waals surface area contributed by atoms with Crippen LogP contribution in [0, 0.1) is 6.92 Å². The van der Waals surface area contributed by atoms with Crippen LogP contribution in [0.25, 0.3) is 0 Å². The molecule has 2 saturated heterocycles. The van der Waals surface area contributed by atoms with Crippen LogP contribution in [0.3, 0.4) is 0 Å². The quantitative estimate of drug-likeness (QED) is 0.349. The Bertz CT molecular complexity index is 1380. The molecule has 2 atom stereocenters. The van der Waals surface area contributed by atoms with E-state index in [-0.39, 0.29) is 23.7 Å². The minimum absolute atomic E-state index is 0.1000. The molecular weight excluding hydrogens is 564 g/mol. The van der Waals surface area contributed by atoms with Gasteiger partial charge in [0.05, 0.1) is 0 Å². The molecule has 4 rings (SSSR count). The average molecular weight is 605 g/mol. The number of thioether (sulfide) groups is 1. The van der Waals surface area contributed by atoms with E-state index in [1.54, 1.807) is 38.1 Å². The molecule has 41 heavy (non-hydrogen) atoms. The summed E-state index contributed by atoms with van der Waals surface area (Å²) in [5.41, 5.74) is 1.01. The summed E-state index contributed by atoms with van der Waals surface area (Å²) in [5, 5.41) is 8.49. The van der Waals surface area contributed by atoms with Gasteiger partial charge in [0.25, 0.3) is 0 Å². The number of likely N-dealkylation sites (N-methyl/N-ethyl adjacent to an activating group) is 1. The number of ketones is 1. The first-order valence-corrected chi connectivity index (χ1v) is 16.0. The zero-order valence-corrected chi connectivity index (χ0v) is 26.2. The third-order valence-corrected chi connectivity index (χ3v) is 10.3. The zero-order valence-electron chi connectivity index (χ0n) is 24.6. The summed E-state index contributed by atoms with van der Waals surface area (Å²) in [6, 6.07) is 10.3. The molecule has 2 fully saturated rings. The second-order valence-corrected chi connectivity index (χ2v) is 15.0. The van der Waals surface area contributed by atoms with Crippen molar-refractivity contribution in [3.05, 3.63) is 53.1 Å². The Labute approximate surface area is 247 Å². The number of carbonyl (C=O) groups is 2. The molecule has 2 aromatic carbocycles. The van der Waals surface area contributed by atoms with Crippen molar-refractivity contribution in [1.82, 2.24) is 9.21 Å². The number of piperazine rings is 1. The van der Waals surface area contributed by atoms with Crippen molar-refractivity contribution >= 4 is 33.8 Å². The topological polar surface area (TPSA) is 113 Å². The van der Waals surface area contributed by atoms with Crippen molar-refractivity contribution in [3.63, 3.8) is 0 Å². The highest BCUT2D eigenvalue weighted by Gasteiger charge is 2.45. The number of phenols is 1. The third kappa shape index (κ3) is 7.63. The van der Waals surface area contributed by atoms with Crippen LogP contribution in [0.5, 0.6) is 11.5 Å². The molecular formula is C30H40N2O7S2. The predicted octanol–water partition coefficient (Wildman–Crippen LogP) is 4.24. The van der Waals surface area contributed by atoms with Crippen LogP contribution < -0.4 is 4.18 Å². The number of rotatable bonds is 8. The van der Waals surface area contributed by atoms with E-state index in [4.69, 9.17) is 8.92 Å². The predicted molar refractivity (Wildman–Crippen MR) is 159 cm³/mol. The molecule has 9 nitrogen and oxygen atoms in total. The van der Waals surface area contributed by atoms with Crippen molar-refractivity contribution in [3.8, 4) is 11.5 Å². The summed E-state index contributed by atoms with van der Waals surface area (Å²) in [7, 11) is -2.03. The van der Waals surface area contributed by atoms with Gasteiger partial charge < -0.3 is 18.9 Å². The van der Waals surface area contributed by atoms with Gasteiger partial charge in [-0.1, -0.05) is 32.9 Å². The maximum absolute atomic E-state index is 13.3. The van der Waals surface area contributed by atoms with Gasteiger partial charge in [0, 0.05) is 37.5 Å². The normalized spacial score (nSPS) is 22.9. The van der Waals surface area contributed by atoms with E-state index in [1.165, 1.54) is 4.31 Å². The van der Waals surface area contributed by atoms with E-state index < -0.39 is 32.5 Å². The average Bonchev–Trinajstić information content (AvgIpc) is 2.87. The highest BCUT2D eigenvalue weighted by Crippen LogP contribution is 2.42. The van der Waals surface area contributed by atoms with E-state index in [0.29, 0.717) is 49.5 Å². The Kier molecular flexibility index (Phi) is 9.13. The smallest absolute Gasteiger partial charge is 0.385 e. The molecule has 0 bridgehead atoms. The van der Waals surface area contributed by atoms with Crippen molar-refractivity contribution in [2.24, 2.45) is 0 Å². The molecule has 2 aliphatic rings. The first-order chi connectivity index (χ1) is 19.1. The summed E-state index contributed by atoms with van der Waals surface area (Å²) in [6.45, 7) is 11.5. The van der Waals surface area contributed by atoms with Gasteiger partial charge in [0.2, 0.25) is 0 Å². The second kappa shape index (κ2) is 11.9. The number of nitrogens with zero attached hydrogens (tertiary/aromatic N) is 2. The van der Waals surface area contributed by atoms with Crippen LogP contribution in [0.2, 0.25) is 0 Å². The number of Topliss-reactive ketones (excluding diaryl/α,β-unsaturated/α-hetero) is 1. The molecule has 2 unspecified atom stereocenters. The molecule has 0 saturated carbocycles. The molecule has 0 aliphatic carbocycles. The monoisotopic (exact) mass is 604 g/mol. The Hall–Kier alpha value is -2.60. The van der Waals surface area contributed by atoms with Crippen LogP contribution in [-0.2, 0) is 36.5 Å². The molecule has 2 heterocycles. The minimum Gasteiger partial charge on any atom is -0.508 e. The van der Waals surface area contributed by atoms with Gasteiger partial charge in [-0.05, 0) is 80.1 Å². The number of esters is 1. The lowest BCUT2D eigenvalue weighted by molar-refractivity contribution is -0.167. The number of aryl methyl sites for hydroxylation is 2. The lowest BCUT2D eigenvalue weighted by atomic mass is 9.86. The third-order valence-electron chi connectivity index (χ3n) is 7.58. The number of aromatic hydroxyl groups is 1. The Morgan fingerprint density at radius 2 is 1.73 bits per heavy atom. The summed E-state index contributed by atoms with van der Waals surface area (Å²) in [6.07, 6.45) is 1.18. The SMILES string of the molecule is Cc1cc(SC2C(=O)CC(C)(CCc3ccc(O)cc3)OC2=O)c(C(C)(C)C)cc1OS(=O)(=O)N1CCN(C)CC1. The molecule has 2 aliphatic heterocycles. The lowest BCUT2D eigenvalue weighted by Gasteiger charge is -2.36. The van der Waals surface area contributed by atoms with Crippen molar-refractivity contribution < 1.29 is 32.0 Å². The fraction of sp³-hybridized carbons (Fsp3) is 0.533. The van der Waals surface area contributed by atoms with Crippen molar-refractivity contribution in [2.45, 2.75) is 75.0 Å². The number of ether oxygens (including phenoxy) is 1. The Balaban J connectivity index is 1.51. The molecule has 0 aromatic heterocycles. The highest BCUT2D eigenvalue weighted by atomic mass is 32.2. The largest absolute Gasteiger partial charge is 0.508 e. The number of hydrogen-bond donors (Lipinski definition) is 1. The summed E-state index contributed by atoms with van der Waals surface area (Å²) in [4.78, 5) is 29.3. The van der Waals surface area contributed by atoms with Gasteiger partial charge in [0.15, 0.2) is 11.0 Å². The van der Waals surface area contributed by atoms with Crippen LogP contribution >= 0.6 is 11.8 Å². The van der Waals surface area contributed by atoms with E-state index >= 15 is 0 Å². The van der Waals surface area contributed by atoms with E-state index in [1.807, 2.05) is 40.0 Å². The molecule has 11 heteroatoms. The molecule has 2 aromatic rings. The van der Waals surface area contributed by atoms with Gasteiger partial charge in [-0.15, -0.1) is 11.8 Å². The van der Waals surface area contributed by atoms with Crippen LogP contribution in [0.15, 0.2) is 41.3 Å². The molecule has 1 N–H and O–H groups in total. The van der Waals surface area contributed by atoms with Gasteiger partial charge in [-0.2, -0.15) is 12.7 Å². The first-order valence-electron chi connectivity index (χ1n) is 13.8. The van der Waals surface area contributed by atoms with E-state index in [9.17, 15) is 23.1 Å². The highest BCUT2D eigenvalue weighted by molar-refractivity contribution is 8.01. The van der Waals surface area contributed by atoms with Crippen LogP contribution in [0.4, 0.5) is 0 Å². The number of cyclic esters (lactones) is 1. The molecule has 0 amide bonds. The fourth-order valence-corrected chi connectivity index (χ4v) is 7.46. The number of phenolic OH excluding ortho intramolecular Hbond substituents is 1. The fourth-order valence-electron chi connectivity index (χ4n) is 4.99. The molecule has 0 radical (unpaired) electrons.